The Bertz CT molecular complexity index is 1060. The summed E-state index contributed by atoms with van der Waals surface area (Å²) in [5, 5.41) is 7.37. The Labute approximate surface area is 160 Å². The van der Waals surface area contributed by atoms with Crippen LogP contribution in [0.2, 0.25) is 0 Å². The molecule has 0 unspecified atom stereocenters. The number of rotatable bonds is 6. The van der Waals surface area contributed by atoms with Crippen molar-refractivity contribution < 1.29 is 14.3 Å². The summed E-state index contributed by atoms with van der Waals surface area (Å²) in [6, 6.07) is 8.28. The topological polar surface area (TPSA) is 116 Å². The van der Waals surface area contributed by atoms with Gasteiger partial charge in [0.1, 0.15) is 0 Å². The number of fused-ring (bicyclic) bond motifs is 1. The lowest BCUT2D eigenvalue weighted by atomic mass is 10.1. The fourth-order valence-electron chi connectivity index (χ4n) is 2.59. The average Bonchev–Trinajstić information content (AvgIpc) is 2.71. The molecule has 2 heterocycles. The van der Waals surface area contributed by atoms with E-state index in [-0.39, 0.29) is 17.2 Å². The van der Waals surface area contributed by atoms with Crippen LogP contribution in [0.5, 0.6) is 0 Å². The van der Waals surface area contributed by atoms with Crippen LogP contribution in [0.15, 0.2) is 47.5 Å². The van der Waals surface area contributed by atoms with E-state index in [9.17, 15) is 14.4 Å². The van der Waals surface area contributed by atoms with Crippen molar-refractivity contribution in [3.63, 3.8) is 0 Å². The molecule has 2 aromatic heterocycles. The van der Waals surface area contributed by atoms with Crippen LogP contribution >= 0.6 is 0 Å². The Balaban J connectivity index is 1.85. The summed E-state index contributed by atoms with van der Waals surface area (Å²) in [6.45, 7) is 3.70. The lowest BCUT2D eigenvalue weighted by Crippen LogP contribution is -2.32. The van der Waals surface area contributed by atoms with Crippen molar-refractivity contribution in [2.24, 2.45) is 0 Å². The van der Waals surface area contributed by atoms with Crippen LogP contribution in [0.25, 0.3) is 10.8 Å². The summed E-state index contributed by atoms with van der Waals surface area (Å²) in [5.41, 5.74) is -0.291. The Kier molecular flexibility index (Phi) is 5.73. The molecule has 9 heteroatoms. The molecule has 0 saturated carbocycles. The first kappa shape index (κ1) is 19.2. The zero-order valence-electron chi connectivity index (χ0n) is 15.5. The number of esters is 1. The lowest BCUT2D eigenvalue weighted by Gasteiger charge is -2.14. The second-order valence-corrected chi connectivity index (χ2v) is 6.03. The molecule has 3 aromatic rings. The van der Waals surface area contributed by atoms with Gasteiger partial charge < -0.3 is 4.74 Å². The van der Waals surface area contributed by atoms with Gasteiger partial charge >= 0.3 is 5.97 Å². The maximum atomic E-state index is 12.7. The number of hydrogen-bond donors (Lipinski definition) is 1. The molecule has 0 saturated heterocycles. The molecule has 0 aliphatic rings. The van der Waals surface area contributed by atoms with Gasteiger partial charge in [-0.25, -0.2) is 19.4 Å². The summed E-state index contributed by atoms with van der Waals surface area (Å²) in [5.74, 6) is -1.26. The van der Waals surface area contributed by atoms with Gasteiger partial charge in [0.2, 0.25) is 5.95 Å². The van der Waals surface area contributed by atoms with Gasteiger partial charge in [-0.05, 0) is 25.5 Å². The van der Waals surface area contributed by atoms with Gasteiger partial charge in [0, 0.05) is 24.3 Å². The molecule has 0 radical (unpaired) electrons. The molecule has 1 N–H and O–H groups in total. The third kappa shape index (κ3) is 4.03. The number of carbonyl (C=O) groups is 2. The maximum Gasteiger partial charge on any atom is 0.360 e. The summed E-state index contributed by atoms with van der Waals surface area (Å²) in [6.07, 6.45) is 2.53. The van der Waals surface area contributed by atoms with Crippen molar-refractivity contribution in [3.8, 4) is 0 Å². The number of ether oxygens (including phenoxy) is 1. The van der Waals surface area contributed by atoms with Crippen molar-refractivity contribution in [1.82, 2.24) is 19.7 Å². The average molecular weight is 381 g/mol. The number of carbonyl (C=O) groups excluding carboxylic acids is 2. The standard InChI is InChI=1S/C19H19N5O4/c1-3-11-24-17(26)14-8-5-4-7-13(14)15(23-24)18(27)28-12(2)16(25)22-19-20-9-6-10-21-19/h4-10,12H,3,11H2,1-2H3,(H,20,21,22,25)/t12-/m1/s1. The van der Waals surface area contributed by atoms with Crippen LogP contribution in [-0.2, 0) is 16.1 Å². The molecule has 0 fully saturated rings. The van der Waals surface area contributed by atoms with Gasteiger partial charge in [-0.3, -0.25) is 14.9 Å². The van der Waals surface area contributed by atoms with Crippen molar-refractivity contribution in [2.45, 2.75) is 32.9 Å². The number of aromatic nitrogens is 4. The van der Waals surface area contributed by atoms with Gasteiger partial charge in [-0.1, -0.05) is 25.1 Å². The third-order valence-electron chi connectivity index (χ3n) is 3.95. The summed E-state index contributed by atoms with van der Waals surface area (Å²) < 4.78 is 6.50. The minimum absolute atomic E-state index is 0.0146. The number of nitrogens with one attached hydrogen (secondary N) is 1. The van der Waals surface area contributed by atoms with E-state index < -0.39 is 18.0 Å². The van der Waals surface area contributed by atoms with Crippen molar-refractivity contribution in [3.05, 3.63) is 58.8 Å². The molecule has 1 amide bonds. The van der Waals surface area contributed by atoms with Gasteiger partial charge in [0.05, 0.1) is 5.39 Å². The van der Waals surface area contributed by atoms with Crippen LogP contribution in [0.4, 0.5) is 5.95 Å². The number of nitrogens with zero attached hydrogens (tertiary/aromatic N) is 4. The van der Waals surface area contributed by atoms with Crippen LogP contribution in [0, 0.1) is 0 Å². The molecule has 1 atom stereocenters. The zero-order valence-corrected chi connectivity index (χ0v) is 15.5. The molecule has 0 spiro atoms. The minimum Gasteiger partial charge on any atom is -0.448 e. The molecule has 9 nitrogen and oxygen atoms in total. The largest absolute Gasteiger partial charge is 0.448 e. The van der Waals surface area contributed by atoms with E-state index in [0.717, 1.165) is 0 Å². The molecule has 144 valence electrons. The molecular weight excluding hydrogens is 362 g/mol. The molecule has 28 heavy (non-hydrogen) atoms. The normalized spacial score (nSPS) is 11.8. The molecule has 0 aliphatic carbocycles. The molecule has 1 aromatic carbocycles. The number of hydrogen-bond acceptors (Lipinski definition) is 7. The van der Waals surface area contributed by atoms with E-state index in [1.165, 1.54) is 24.0 Å². The van der Waals surface area contributed by atoms with Crippen molar-refractivity contribution >= 4 is 28.6 Å². The first-order valence-corrected chi connectivity index (χ1v) is 8.80. The van der Waals surface area contributed by atoms with Crippen LogP contribution in [-0.4, -0.2) is 37.7 Å². The smallest absolute Gasteiger partial charge is 0.360 e. The highest BCUT2D eigenvalue weighted by molar-refractivity contribution is 6.03. The minimum atomic E-state index is -1.11. The number of anilines is 1. The third-order valence-corrected chi connectivity index (χ3v) is 3.95. The quantitative estimate of drug-likeness (QED) is 0.647. The van der Waals surface area contributed by atoms with E-state index in [4.69, 9.17) is 4.74 Å². The summed E-state index contributed by atoms with van der Waals surface area (Å²) >= 11 is 0. The highest BCUT2D eigenvalue weighted by Gasteiger charge is 2.23. The van der Waals surface area contributed by atoms with E-state index in [1.807, 2.05) is 6.92 Å². The van der Waals surface area contributed by atoms with E-state index in [1.54, 1.807) is 30.3 Å². The fraction of sp³-hybridized carbons (Fsp3) is 0.263. The predicted octanol–water partition coefficient (Wildman–Crippen LogP) is 1.78. The fourth-order valence-corrected chi connectivity index (χ4v) is 2.59. The second kappa shape index (κ2) is 8.38. The van der Waals surface area contributed by atoms with Gasteiger partial charge in [-0.2, -0.15) is 5.10 Å². The van der Waals surface area contributed by atoms with Crippen molar-refractivity contribution in [2.75, 3.05) is 5.32 Å². The summed E-state index contributed by atoms with van der Waals surface area (Å²) in [4.78, 5) is 45.2. The molecule has 0 bridgehead atoms. The summed E-state index contributed by atoms with van der Waals surface area (Å²) in [7, 11) is 0. The SMILES string of the molecule is CCCn1nc(C(=O)O[C@H](C)C(=O)Nc2ncccn2)c2ccccc2c1=O. The Morgan fingerprint density at radius 3 is 2.50 bits per heavy atom. The number of aryl methyl sites for hydroxylation is 1. The van der Waals surface area contributed by atoms with Gasteiger partial charge in [0.25, 0.3) is 11.5 Å². The van der Waals surface area contributed by atoms with Crippen LogP contribution in [0.1, 0.15) is 30.8 Å². The highest BCUT2D eigenvalue weighted by Crippen LogP contribution is 2.15. The number of benzene rings is 1. The van der Waals surface area contributed by atoms with Gasteiger partial charge in [-0.15, -0.1) is 0 Å². The van der Waals surface area contributed by atoms with Crippen LogP contribution < -0.4 is 10.9 Å². The van der Waals surface area contributed by atoms with Gasteiger partial charge in [0.15, 0.2) is 11.8 Å². The lowest BCUT2D eigenvalue weighted by molar-refractivity contribution is -0.123. The highest BCUT2D eigenvalue weighted by atomic mass is 16.5. The molecule has 3 rings (SSSR count). The predicted molar refractivity (Wildman–Crippen MR) is 102 cm³/mol. The Morgan fingerprint density at radius 1 is 1.14 bits per heavy atom. The van der Waals surface area contributed by atoms with E-state index >= 15 is 0 Å². The molecule has 0 aliphatic heterocycles. The first-order valence-electron chi connectivity index (χ1n) is 8.80. The van der Waals surface area contributed by atoms with Crippen molar-refractivity contribution in [1.29, 1.82) is 0 Å². The molecular formula is C19H19N5O4. The Hall–Kier alpha value is -3.62. The first-order chi connectivity index (χ1) is 13.5. The zero-order chi connectivity index (χ0) is 20.1. The second-order valence-electron chi connectivity index (χ2n) is 6.03. The monoisotopic (exact) mass is 381 g/mol. The maximum absolute atomic E-state index is 12.7. The Morgan fingerprint density at radius 2 is 1.82 bits per heavy atom. The number of amides is 1. The van der Waals surface area contributed by atoms with E-state index in [2.05, 4.69) is 20.4 Å². The van der Waals surface area contributed by atoms with Crippen LogP contribution in [0.3, 0.4) is 0 Å². The van der Waals surface area contributed by atoms with E-state index in [0.29, 0.717) is 23.7 Å².